The summed E-state index contributed by atoms with van der Waals surface area (Å²) in [6.45, 7) is 7.60. The van der Waals surface area contributed by atoms with Gasteiger partial charge in [-0.3, -0.25) is 4.68 Å². The molecule has 0 aliphatic heterocycles. The van der Waals surface area contributed by atoms with Crippen molar-refractivity contribution in [1.29, 1.82) is 0 Å². The van der Waals surface area contributed by atoms with Gasteiger partial charge in [0, 0.05) is 19.5 Å². The Bertz CT molecular complexity index is 292. The van der Waals surface area contributed by atoms with Gasteiger partial charge in [0.15, 0.2) is 0 Å². The molecule has 1 heterocycles. The topological polar surface area (TPSA) is 60.0 Å². The molecule has 1 aromatic heterocycles. The van der Waals surface area contributed by atoms with Crippen LogP contribution in [0.15, 0.2) is 6.33 Å². The molecule has 1 aromatic rings. The van der Waals surface area contributed by atoms with Gasteiger partial charge >= 0.3 is 0 Å². The van der Waals surface area contributed by atoms with Gasteiger partial charge in [0.05, 0.1) is 0 Å². The zero-order valence-corrected chi connectivity index (χ0v) is 10.6. The SMILES string of the molecule is CCN(CC)CCC(N)Cc1ncnn1C. The Morgan fingerprint density at radius 1 is 1.44 bits per heavy atom. The lowest BCUT2D eigenvalue weighted by Crippen LogP contribution is -2.32. The summed E-state index contributed by atoms with van der Waals surface area (Å²) < 4.78 is 1.79. The summed E-state index contributed by atoms with van der Waals surface area (Å²) in [6, 6.07) is 0.170. The molecule has 0 fully saturated rings. The molecular weight excluding hydrogens is 202 g/mol. The van der Waals surface area contributed by atoms with Crippen LogP contribution in [0.2, 0.25) is 0 Å². The molecule has 92 valence electrons. The molecule has 0 aliphatic rings. The molecule has 16 heavy (non-hydrogen) atoms. The van der Waals surface area contributed by atoms with Crippen molar-refractivity contribution in [3.63, 3.8) is 0 Å². The molecule has 0 aromatic carbocycles. The molecule has 1 rings (SSSR count). The molecule has 0 amide bonds. The Morgan fingerprint density at radius 3 is 2.62 bits per heavy atom. The normalized spacial score (nSPS) is 13.3. The van der Waals surface area contributed by atoms with Crippen molar-refractivity contribution in [3.05, 3.63) is 12.2 Å². The van der Waals surface area contributed by atoms with Gasteiger partial charge in [-0.1, -0.05) is 13.8 Å². The third kappa shape index (κ3) is 3.90. The van der Waals surface area contributed by atoms with Crippen LogP contribution < -0.4 is 5.73 Å². The molecule has 5 heteroatoms. The van der Waals surface area contributed by atoms with Gasteiger partial charge in [-0.2, -0.15) is 5.10 Å². The van der Waals surface area contributed by atoms with E-state index >= 15 is 0 Å². The highest BCUT2D eigenvalue weighted by atomic mass is 15.3. The van der Waals surface area contributed by atoms with Crippen molar-refractivity contribution < 1.29 is 0 Å². The van der Waals surface area contributed by atoms with E-state index in [0.717, 1.165) is 38.3 Å². The van der Waals surface area contributed by atoms with Gasteiger partial charge in [-0.05, 0) is 26.1 Å². The van der Waals surface area contributed by atoms with E-state index in [4.69, 9.17) is 5.73 Å². The third-order valence-electron chi connectivity index (χ3n) is 2.96. The van der Waals surface area contributed by atoms with E-state index in [9.17, 15) is 0 Å². The van der Waals surface area contributed by atoms with E-state index in [1.165, 1.54) is 0 Å². The fourth-order valence-corrected chi connectivity index (χ4v) is 1.73. The van der Waals surface area contributed by atoms with Crippen molar-refractivity contribution >= 4 is 0 Å². The third-order valence-corrected chi connectivity index (χ3v) is 2.96. The molecular formula is C11H23N5. The molecule has 0 saturated carbocycles. The average Bonchev–Trinajstić information content (AvgIpc) is 2.66. The predicted octanol–water partition coefficient (Wildman–Crippen LogP) is 0.417. The minimum absolute atomic E-state index is 0.170. The van der Waals surface area contributed by atoms with Gasteiger partial charge in [0.1, 0.15) is 12.2 Å². The molecule has 2 N–H and O–H groups in total. The summed E-state index contributed by atoms with van der Waals surface area (Å²) >= 11 is 0. The number of hydrogen-bond acceptors (Lipinski definition) is 4. The fourth-order valence-electron chi connectivity index (χ4n) is 1.73. The van der Waals surface area contributed by atoms with Gasteiger partial charge in [0.2, 0.25) is 0 Å². The van der Waals surface area contributed by atoms with Crippen LogP contribution in [0.25, 0.3) is 0 Å². The van der Waals surface area contributed by atoms with Gasteiger partial charge in [-0.25, -0.2) is 4.98 Å². The smallest absolute Gasteiger partial charge is 0.138 e. The van der Waals surface area contributed by atoms with Crippen LogP contribution in [0.5, 0.6) is 0 Å². The second-order valence-electron chi connectivity index (χ2n) is 4.08. The van der Waals surface area contributed by atoms with Crippen LogP contribution >= 0.6 is 0 Å². The predicted molar refractivity (Wildman–Crippen MR) is 65.1 cm³/mol. The minimum atomic E-state index is 0.170. The Kier molecular flexibility index (Phi) is 5.42. The number of nitrogens with zero attached hydrogens (tertiary/aromatic N) is 4. The number of aryl methyl sites for hydroxylation is 1. The molecule has 1 atom stereocenters. The second kappa shape index (κ2) is 6.60. The zero-order valence-electron chi connectivity index (χ0n) is 10.6. The van der Waals surface area contributed by atoms with Crippen molar-refractivity contribution in [1.82, 2.24) is 19.7 Å². The second-order valence-corrected chi connectivity index (χ2v) is 4.08. The van der Waals surface area contributed by atoms with E-state index < -0.39 is 0 Å². The molecule has 0 bridgehead atoms. The van der Waals surface area contributed by atoms with Gasteiger partial charge in [-0.15, -0.1) is 0 Å². The molecule has 0 spiro atoms. The van der Waals surface area contributed by atoms with Crippen molar-refractivity contribution in [2.45, 2.75) is 32.7 Å². The summed E-state index contributed by atoms with van der Waals surface area (Å²) in [5.41, 5.74) is 6.08. The number of nitrogens with two attached hydrogens (primary N) is 1. The van der Waals surface area contributed by atoms with E-state index in [0.29, 0.717) is 0 Å². The highest BCUT2D eigenvalue weighted by Crippen LogP contribution is 2.01. The molecule has 0 aliphatic carbocycles. The van der Waals surface area contributed by atoms with Crippen molar-refractivity contribution in [3.8, 4) is 0 Å². The fraction of sp³-hybridized carbons (Fsp3) is 0.818. The van der Waals surface area contributed by atoms with Crippen LogP contribution in [-0.4, -0.2) is 45.3 Å². The maximum absolute atomic E-state index is 6.08. The lowest BCUT2D eigenvalue weighted by Gasteiger charge is -2.20. The summed E-state index contributed by atoms with van der Waals surface area (Å²) in [5.74, 6) is 0.965. The Hall–Kier alpha value is -0.940. The Morgan fingerprint density at radius 2 is 2.12 bits per heavy atom. The minimum Gasteiger partial charge on any atom is -0.327 e. The van der Waals surface area contributed by atoms with Crippen molar-refractivity contribution in [2.75, 3.05) is 19.6 Å². The summed E-state index contributed by atoms with van der Waals surface area (Å²) in [5, 5.41) is 4.04. The Balaban J connectivity index is 2.31. The van der Waals surface area contributed by atoms with Crippen LogP contribution in [-0.2, 0) is 13.5 Å². The first-order chi connectivity index (χ1) is 7.67. The highest BCUT2D eigenvalue weighted by Gasteiger charge is 2.09. The van der Waals surface area contributed by atoms with Gasteiger partial charge in [0.25, 0.3) is 0 Å². The number of aromatic nitrogens is 3. The molecule has 0 saturated heterocycles. The highest BCUT2D eigenvalue weighted by molar-refractivity contribution is 4.88. The van der Waals surface area contributed by atoms with Crippen LogP contribution in [0.3, 0.4) is 0 Å². The zero-order chi connectivity index (χ0) is 12.0. The van der Waals surface area contributed by atoms with E-state index in [2.05, 4.69) is 28.8 Å². The quantitative estimate of drug-likeness (QED) is 0.730. The van der Waals surface area contributed by atoms with E-state index in [1.54, 1.807) is 11.0 Å². The first kappa shape index (κ1) is 13.1. The van der Waals surface area contributed by atoms with Gasteiger partial charge < -0.3 is 10.6 Å². The lowest BCUT2D eigenvalue weighted by atomic mass is 10.1. The van der Waals surface area contributed by atoms with Crippen molar-refractivity contribution in [2.24, 2.45) is 12.8 Å². The standard InChI is InChI=1S/C11H23N5/c1-4-16(5-2)7-6-10(12)8-11-13-9-14-15(11)3/h9-10H,4-8,12H2,1-3H3. The van der Waals surface area contributed by atoms with Crippen LogP contribution in [0.1, 0.15) is 26.1 Å². The largest absolute Gasteiger partial charge is 0.327 e. The first-order valence-electron chi connectivity index (χ1n) is 5.98. The summed E-state index contributed by atoms with van der Waals surface area (Å²) in [4.78, 5) is 6.57. The maximum Gasteiger partial charge on any atom is 0.138 e. The number of hydrogen-bond donors (Lipinski definition) is 1. The maximum atomic E-state index is 6.08. The summed E-state index contributed by atoms with van der Waals surface area (Å²) in [7, 11) is 1.90. The van der Waals surface area contributed by atoms with E-state index in [-0.39, 0.29) is 6.04 Å². The van der Waals surface area contributed by atoms with E-state index in [1.807, 2.05) is 7.05 Å². The molecule has 0 radical (unpaired) electrons. The average molecular weight is 225 g/mol. The van der Waals surface area contributed by atoms with Crippen LogP contribution in [0, 0.1) is 0 Å². The van der Waals surface area contributed by atoms with Crippen LogP contribution in [0.4, 0.5) is 0 Å². The monoisotopic (exact) mass is 225 g/mol. The first-order valence-corrected chi connectivity index (χ1v) is 5.98. The molecule has 1 unspecified atom stereocenters. The Labute approximate surface area is 97.6 Å². The summed E-state index contributed by atoms with van der Waals surface area (Å²) in [6.07, 6.45) is 3.39. The molecule has 5 nitrogen and oxygen atoms in total. The lowest BCUT2D eigenvalue weighted by molar-refractivity contribution is 0.289. The number of rotatable bonds is 7.